The molecule has 0 saturated carbocycles. The van der Waals surface area contributed by atoms with Gasteiger partial charge in [-0.3, -0.25) is 14.5 Å². The molecule has 1 aliphatic rings. The lowest BCUT2D eigenvalue weighted by Gasteiger charge is -2.33. The number of esters is 1. The Hall–Kier alpha value is -3.49. The van der Waals surface area contributed by atoms with E-state index in [1.165, 1.54) is 19.2 Å². The molecule has 0 amide bonds. The van der Waals surface area contributed by atoms with Gasteiger partial charge >= 0.3 is 5.97 Å². The van der Waals surface area contributed by atoms with Gasteiger partial charge in [-0.15, -0.1) is 10.2 Å². The molecule has 0 N–H and O–H groups in total. The van der Waals surface area contributed by atoms with E-state index in [1.807, 2.05) is 28.8 Å². The molecule has 3 heterocycles. The molecule has 0 aliphatic carbocycles. The average Bonchev–Trinajstić information content (AvgIpc) is 3.17. The summed E-state index contributed by atoms with van der Waals surface area (Å²) in [6, 6.07) is 10.3. The van der Waals surface area contributed by atoms with E-state index in [4.69, 9.17) is 4.74 Å². The number of hydrogen-bond acceptors (Lipinski definition) is 7. The molecule has 1 aromatic carbocycles. The fourth-order valence-electron chi connectivity index (χ4n) is 3.71. The highest BCUT2D eigenvalue weighted by molar-refractivity contribution is 5.95. The maximum absolute atomic E-state index is 12.0. The molecule has 3 aromatic rings. The quantitative estimate of drug-likeness (QED) is 0.389. The first kappa shape index (κ1) is 17.9. The van der Waals surface area contributed by atoms with Crippen molar-refractivity contribution in [2.45, 2.75) is 18.8 Å². The van der Waals surface area contributed by atoms with Crippen molar-refractivity contribution in [1.82, 2.24) is 14.6 Å². The van der Waals surface area contributed by atoms with E-state index in [1.54, 1.807) is 6.07 Å². The number of carbonyl (C=O) groups excluding carboxylic acids is 1. The number of nitrogens with zero attached hydrogens (tertiary/aromatic N) is 5. The molecule has 0 radical (unpaired) electrons. The first-order valence-electron chi connectivity index (χ1n) is 9.00. The summed E-state index contributed by atoms with van der Waals surface area (Å²) < 4.78 is 6.70. The molecule has 1 aliphatic heterocycles. The van der Waals surface area contributed by atoms with Gasteiger partial charge in [-0.25, -0.2) is 4.79 Å². The fourth-order valence-corrected chi connectivity index (χ4v) is 3.71. The van der Waals surface area contributed by atoms with E-state index in [-0.39, 0.29) is 17.2 Å². The van der Waals surface area contributed by atoms with Crippen LogP contribution in [-0.2, 0) is 4.74 Å². The maximum atomic E-state index is 12.0. The van der Waals surface area contributed by atoms with Gasteiger partial charge in [0.25, 0.3) is 5.69 Å². The Balaban J connectivity index is 1.64. The van der Waals surface area contributed by atoms with E-state index < -0.39 is 10.9 Å². The van der Waals surface area contributed by atoms with Crippen LogP contribution in [0.1, 0.15) is 34.9 Å². The van der Waals surface area contributed by atoms with Crippen molar-refractivity contribution in [3.8, 4) is 0 Å². The molecule has 144 valence electrons. The summed E-state index contributed by atoms with van der Waals surface area (Å²) >= 11 is 0. The number of rotatable bonds is 4. The van der Waals surface area contributed by atoms with Crippen molar-refractivity contribution in [2.24, 2.45) is 0 Å². The number of methoxy groups -OCH3 is 1. The summed E-state index contributed by atoms with van der Waals surface area (Å²) in [5.41, 5.74) is 1.26. The highest BCUT2D eigenvalue weighted by Crippen LogP contribution is 2.32. The number of benzene rings is 1. The standard InChI is InChI=1S/C19H19N5O4/c1-28-19(25)15-11-14(7-8-16(15)24(26)27)22-9-4-5-13(12-22)18-21-20-17-6-2-3-10-23(17)18/h2-3,6-8,10-11,13H,4-5,9,12H2,1H3. The zero-order chi connectivity index (χ0) is 19.7. The number of nitro groups is 1. The highest BCUT2D eigenvalue weighted by Gasteiger charge is 2.28. The minimum Gasteiger partial charge on any atom is -0.465 e. The molecule has 1 fully saturated rings. The Bertz CT molecular complexity index is 1050. The second-order valence-corrected chi connectivity index (χ2v) is 6.72. The summed E-state index contributed by atoms with van der Waals surface area (Å²) in [6.07, 6.45) is 3.87. The molecular formula is C19H19N5O4. The molecule has 0 spiro atoms. The van der Waals surface area contributed by atoms with Crippen molar-refractivity contribution in [2.75, 3.05) is 25.1 Å². The van der Waals surface area contributed by atoms with E-state index in [0.29, 0.717) is 6.54 Å². The van der Waals surface area contributed by atoms with E-state index in [2.05, 4.69) is 15.1 Å². The topological polar surface area (TPSA) is 103 Å². The third-order valence-corrected chi connectivity index (χ3v) is 5.07. The van der Waals surface area contributed by atoms with Crippen molar-refractivity contribution in [3.63, 3.8) is 0 Å². The van der Waals surface area contributed by atoms with Crippen molar-refractivity contribution >= 4 is 23.0 Å². The van der Waals surface area contributed by atoms with Crippen molar-refractivity contribution in [3.05, 3.63) is 64.1 Å². The fraction of sp³-hybridized carbons (Fsp3) is 0.316. The van der Waals surface area contributed by atoms with E-state index in [9.17, 15) is 14.9 Å². The SMILES string of the molecule is COC(=O)c1cc(N2CCCC(c3nnc4ccccn34)C2)ccc1[N+](=O)[O-]. The molecular weight excluding hydrogens is 362 g/mol. The molecule has 28 heavy (non-hydrogen) atoms. The number of piperidine rings is 1. The zero-order valence-electron chi connectivity index (χ0n) is 15.3. The van der Waals surface area contributed by atoms with Gasteiger partial charge in [0.15, 0.2) is 5.65 Å². The van der Waals surface area contributed by atoms with Crippen LogP contribution in [-0.4, -0.2) is 45.7 Å². The number of carbonyl (C=O) groups is 1. The van der Waals surface area contributed by atoms with Crippen LogP contribution < -0.4 is 4.90 Å². The van der Waals surface area contributed by atoms with Gasteiger partial charge < -0.3 is 9.64 Å². The lowest BCUT2D eigenvalue weighted by molar-refractivity contribution is -0.385. The number of aromatic nitrogens is 3. The lowest BCUT2D eigenvalue weighted by atomic mass is 9.96. The van der Waals surface area contributed by atoms with Gasteiger partial charge in [0.05, 0.1) is 12.0 Å². The number of hydrogen-bond donors (Lipinski definition) is 0. The molecule has 9 nitrogen and oxygen atoms in total. The second-order valence-electron chi connectivity index (χ2n) is 6.72. The zero-order valence-corrected chi connectivity index (χ0v) is 15.3. The van der Waals surface area contributed by atoms with E-state index in [0.717, 1.165) is 36.5 Å². The Morgan fingerprint density at radius 1 is 1.29 bits per heavy atom. The van der Waals surface area contributed by atoms with Gasteiger partial charge in [0.1, 0.15) is 11.4 Å². The molecule has 1 atom stereocenters. The lowest BCUT2D eigenvalue weighted by Crippen LogP contribution is -2.35. The Morgan fingerprint density at radius 3 is 2.93 bits per heavy atom. The Labute approximate surface area is 160 Å². The largest absolute Gasteiger partial charge is 0.465 e. The van der Waals surface area contributed by atoms with Crippen molar-refractivity contribution < 1.29 is 14.5 Å². The van der Waals surface area contributed by atoms with Crippen LogP contribution in [0.4, 0.5) is 11.4 Å². The number of anilines is 1. The molecule has 1 unspecified atom stereocenters. The van der Waals surface area contributed by atoms with Gasteiger partial charge in [-0.2, -0.15) is 0 Å². The summed E-state index contributed by atoms with van der Waals surface area (Å²) in [4.78, 5) is 24.8. The third-order valence-electron chi connectivity index (χ3n) is 5.07. The van der Waals surface area contributed by atoms with E-state index >= 15 is 0 Å². The highest BCUT2D eigenvalue weighted by atomic mass is 16.6. The summed E-state index contributed by atoms with van der Waals surface area (Å²) in [7, 11) is 1.21. The van der Waals surface area contributed by atoms with Gasteiger partial charge in [-0.1, -0.05) is 6.07 Å². The molecule has 0 bridgehead atoms. The Morgan fingerprint density at radius 2 is 2.14 bits per heavy atom. The molecule has 1 saturated heterocycles. The van der Waals surface area contributed by atoms with Crippen LogP contribution in [0.5, 0.6) is 0 Å². The summed E-state index contributed by atoms with van der Waals surface area (Å²) in [5.74, 6) is 0.351. The first-order chi connectivity index (χ1) is 13.6. The first-order valence-corrected chi connectivity index (χ1v) is 9.00. The summed E-state index contributed by atoms with van der Waals surface area (Å²) in [5, 5.41) is 19.8. The van der Waals surface area contributed by atoms with Crippen LogP contribution in [0, 0.1) is 10.1 Å². The predicted molar refractivity (Wildman–Crippen MR) is 102 cm³/mol. The third kappa shape index (κ3) is 3.15. The number of fused-ring (bicyclic) bond motifs is 1. The van der Waals surface area contributed by atoms with Crippen molar-refractivity contribution in [1.29, 1.82) is 0 Å². The van der Waals surface area contributed by atoms with Crippen LogP contribution in [0.2, 0.25) is 0 Å². The number of ether oxygens (including phenoxy) is 1. The van der Waals surface area contributed by atoms with Crippen LogP contribution >= 0.6 is 0 Å². The molecule has 9 heteroatoms. The van der Waals surface area contributed by atoms with Gasteiger partial charge in [0, 0.05) is 37.0 Å². The second kappa shape index (κ2) is 7.26. The minimum absolute atomic E-state index is 0.0416. The predicted octanol–water partition coefficient (Wildman–Crippen LogP) is 2.81. The smallest absolute Gasteiger partial charge is 0.344 e. The summed E-state index contributed by atoms with van der Waals surface area (Å²) in [6.45, 7) is 1.49. The number of pyridine rings is 1. The van der Waals surface area contributed by atoms with Crippen LogP contribution in [0.15, 0.2) is 42.6 Å². The van der Waals surface area contributed by atoms with Crippen LogP contribution in [0.25, 0.3) is 5.65 Å². The van der Waals surface area contributed by atoms with Gasteiger partial charge in [-0.05, 0) is 37.1 Å². The minimum atomic E-state index is -0.717. The van der Waals surface area contributed by atoms with Crippen LogP contribution in [0.3, 0.4) is 0 Å². The monoisotopic (exact) mass is 381 g/mol. The average molecular weight is 381 g/mol. The molecule has 4 rings (SSSR count). The number of nitro benzene ring substituents is 1. The molecule has 2 aromatic heterocycles. The normalized spacial score (nSPS) is 16.9. The maximum Gasteiger partial charge on any atom is 0.344 e. The van der Waals surface area contributed by atoms with Gasteiger partial charge in [0.2, 0.25) is 0 Å². The Kier molecular flexibility index (Phi) is 4.64.